The third kappa shape index (κ3) is 6.60. The predicted octanol–water partition coefficient (Wildman–Crippen LogP) is 4.77. The molecule has 1 aliphatic carbocycles. The summed E-state index contributed by atoms with van der Waals surface area (Å²) in [5.41, 5.74) is -2.70. The highest BCUT2D eigenvalue weighted by molar-refractivity contribution is 5.94. The van der Waals surface area contributed by atoms with Gasteiger partial charge in [0, 0.05) is 31.1 Å². The lowest BCUT2D eigenvalue weighted by atomic mass is 9.86. The first-order valence-corrected chi connectivity index (χ1v) is 10.4. The highest BCUT2D eigenvalue weighted by Crippen LogP contribution is 2.36. The number of rotatable bonds is 6. The summed E-state index contributed by atoms with van der Waals surface area (Å²) < 4.78 is 77.8. The largest absolute Gasteiger partial charge is 0.416 e. The van der Waals surface area contributed by atoms with Crippen molar-refractivity contribution < 1.29 is 36.0 Å². The smallest absolute Gasteiger partial charge is 0.392 e. The van der Waals surface area contributed by atoms with Gasteiger partial charge in [-0.25, -0.2) is 0 Å². The van der Waals surface area contributed by atoms with Gasteiger partial charge in [-0.15, -0.1) is 0 Å². The van der Waals surface area contributed by atoms with Crippen molar-refractivity contribution in [1.82, 2.24) is 10.6 Å². The Morgan fingerprint density at radius 1 is 1.03 bits per heavy atom. The molecule has 5 nitrogen and oxygen atoms in total. The highest BCUT2D eigenvalue weighted by atomic mass is 19.4. The number of alkyl halides is 6. The number of amides is 1. The van der Waals surface area contributed by atoms with Crippen molar-refractivity contribution >= 4 is 11.6 Å². The van der Waals surface area contributed by atoms with Crippen molar-refractivity contribution in [2.75, 3.05) is 13.1 Å². The molecule has 1 aliphatic heterocycles. The van der Waals surface area contributed by atoms with E-state index < -0.39 is 35.0 Å². The lowest BCUT2D eigenvalue weighted by Gasteiger charge is -2.29. The second-order valence-electron chi connectivity index (χ2n) is 8.38. The molecule has 1 aromatic carbocycles. The topological polar surface area (TPSA) is 62.7 Å². The van der Waals surface area contributed by atoms with Crippen LogP contribution in [0.5, 0.6) is 0 Å². The number of halogens is 6. The monoisotopic (exact) mass is 465 g/mol. The third-order valence-electron chi connectivity index (χ3n) is 5.73. The zero-order chi connectivity index (χ0) is 23.5. The van der Waals surface area contributed by atoms with E-state index in [4.69, 9.17) is 4.84 Å². The fourth-order valence-corrected chi connectivity index (χ4v) is 3.93. The Morgan fingerprint density at radius 3 is 2.12 bits per heavy atom. The molecule has 0 spiro atoms. The van der Waals surface area contributed by atoms with Gasteiger partial charge in [-0.05, 0) is 56.7 Å². The first-order chi connectivity index (χ1) is 14.9. The minimum absolute atomic E-state index is 0.00891. The fourth-order valence-electron chi connectivity index (χ4n) is 3.93. The van der Waals surface area contributed by atoms with Gasteiger partial charge in [0.1, 0.15) is 6.10 Å². The standard InChI is InChI=1S/C21H25F6N3O2/c1-12-6-18(30-32-12)11-28-17-4-2-13(3-5-17)10-29-19(31)14-7-15(20(22,23)24)9-16(8-14)21(25,26)27/h7-9,12-13,17,28H,2-6,10-11H2,1H3,(H,29,31). The van der Waals surface area contributed by atoms with E-state index in [1.807, 2.05) is 6.92 Å². The van der Waals surface area contributed by atoms with Crippen LogP contribution in [0, 0.1) is 5.92 Å². The van der Waals surface area contributed by atoms with Crippen molar-refractivity contribution in [3.05, 3.63) is 34.9 Å². The Morgan fingerprint density at radius 2 is 1.62 bits per heavy atom. The number of nitrogens with one attached hydrogen (secondary N) is 2. The summed E-state index contributed by atoms with van der Waals surface area (Å²) in [4.78, 5) is 17.5. The molecule has 11 heteroatoms. The summed E-state index contributed by atoms with van der Waals surface area (Å²) in [5, 5.41) is 9.92. The van der Waals surface area contributed by atoms with E-state index in [9.17, 15) is 31.1 Å². The molecule has 0 radical (unpaired) electrons. The highest BCUT2D eigenvalue weighted by Gasteiger charge is 2.37. The molecule has 1 aromatic rings. The van der Waals surface area contributed by atoms with Gasteiger partial charge in [-0.2, -0.15) is 26.3 Å². The maximum atomic E-state index is 13.0. The minimum atomic E-state index is -4.99. The molecule has 1 unspecified atom stereocenters. The average molecular weight is 465 g/mol. The van der Waals surface area contributed by atoms with Gasteiger partial charge in [0.25, 0.3) is 5.91 Å². The maximum Gasteiger partial charge on any atom is 0.416 e. The Kier molecular flexibility index (Phi) is 7.36. The first kappa shape index (κ1) is 24.3. The van der Waals surface area contributed by atoms with Gasteiger partial charge in [0.05, 0.1) is 16.8 Å². The summed E-state index contributed by atoms with van der Waals surface area (Å²) in [7, 11) is 0. The molecule has 2 aliphatic rings. The number of carbonyl (C=O) groups is 1. The molecule has 1 fully saturated rings. The second-order valence-corrected chi connectivity index (χ2v) is 8.38. The van der Waals surface area contributed by atoms with Gasteiger partial charge < -0.3 is 15.5 Å². The number of nitrogens with zero attached hydrogens (tertiary/aromatic N) is 1. The zero-order valence-electron chi connectivity index (χ0n) is 17.4. The molecule has 32 heavy (non-hydrogen) atoms. The molecular weight excluding hydrogens is 440 g/mol. The van der Waals surface area contributed by atoms with Crippen molar-refractivity contribution in [3.8, 4) is 0 Å². The van der Waals surface area contributed by atoms with Gasteiger partial charge in [0.15, 0.2) is 0 Å². The first-order valence-electron chi connectivity index (χ1n) is 10.4. The predicted molar refractivity (Wildman–Crippen MR) is 105 cm³/mol. The van der Waals surface area contributed by atoms with Crippen LogP contribution in [0.4, 0.5) is 26.3 Å². The molecule has 0 aromatic heterocycles. The van der Waals surface area contributed by atoms with Gasteiger partial charge in [-0.3, -0.25) is 4.79 Å². The number of oxime groups is 1. The van der Waals surface area contributed by atoms with Gasteiger partial charge in [0.2, 0.25) is 0 Å². The number of benzene rings is 1. The molecular formula is C21H25F6N3O2. The van der Waals surface area contributed by atoms with Crippen LogP contribution in [0.3, 0.4) is 0 Å². The van der Waals surface area contributed by atoms with Crippen LogP contribution in [-0.4, -0.2) is 36.9 Å². The molecule has 1 atom stereocenters. The van der Waals surface area contributed by atoms with Crippen molar-refractivity contribution in [3.63, 3.8) is 0 Å². The van der Waals surface area contributed by atoms with E-state index in [1.54, 1.807) is 0 Å². The van der Waals surface area contributed by atoms with E-state index in [2.05, 4.69) is 15.8 Å². The Labute approximate surface area is 181 Å². The number of hydrogen-bond acceptors (Lipinski definition) is 4. The van der Waals surface area contributed by atoms with Gasteiger partial charge >= 0.3 is 12.4 Å². The van der Waals surface area contributed by atoms with Crippen LogP contribution in [0.25, 0.3) is 0 Å². The molecule has 0 saturated heterocycles. The second kappa shape index (κ2) is 9.68. The van der Waals surface area contributed by atoms with E-state index >= 15 is 0 Å². The molecule has 2 N–H and O–H groups in total. The van der Waals surface area contributed by atoms with Crippen LogP contribution >= 0.6 is 0 Å². The summed E-state index contributed by atoms with van der Waals surface area (Å²) in [5.74, 6) is -0.840. The summed E-state index contributed by atoms with van der Waals surface area (Å²) in [6.07, 6.45) is -5.82. The fraction of sp³-hybridized carbons (Fsp3) is 0.619. The van der Waals surface area contributed by atoms with E-state index in [1.165, 1.54) is 0 Å². The molecule has 1 amide bonds. The summed E-state index contributed by atoms with van der Waals surface area (Å²) in [6, 6.07) is 1.19. The van der Waals surface area contributed by atoms with Crippen LogP contribution in [0.15, 0.2) is 23.4 Å². The van der Waals surface area contributed by atoms with Crippen molar-refractivity contribution in [2.45, 2.75) is 63.5 Å². The normalized spacial score (nSPS) is 24.1. The Bertz CT molecular complexity index is 813. The van der Waals surface area contributed by atoms with Crippen molar-refractivity contribution in [1.29, 1.82) is 0 Å². The lowest BCUT2D eigenvalue weighted by Crippen LogP contribution is -2.39. The Balaban J connectivity index is 1.50. The number of hydrogen-bond donors (Lipinski definition) is 2. The van der Waals surface area contributed by atoms with Crippen LogP contribution < -0.4 is 10.6 Å². The van der Waals surface area contributed by atoms with E-state index in [0.717, 1.165) is 37.8 Å². The summed E-state index contributed by atoms with van der Waals surface area (Å²) >= 11 is 0. The van der Waals surface area contributed by atoms with Crippen molar-refractivity contribution in [2.24, 2.45) is 11.1 Å². The van der Waals surface area contributed by atoms with Crippen LogP contribution in [-0.2, 0) is 17.2 Å². The quantitative estimate of drug-likeness (QED) is 0.596. The zero-order valence-corrected chi connectivity index (χ0v) is 17.4. The van der Waals surface area contributed by atoms with E-state index in [0.29, 0.717) is 24.7 Å². The summed E-state index contributed by atoms with van der Waals surface area (Å²) in [6.45, 7) is 2.79. The number of carbonyl (C=O) groups excluding carboxylic acids is 1. The third-order valence-corrected chi connectivity index (χ3v) is 5.73. The van der Waals surface area contributed by atoms with Gasteiger partial charge in [-0.1, -0.05) is 5.16 Å². The SMILES string of the molecule is CC1CC(CNC2CCC(CNC(=O)c3cc(C(F)(F)F)cc(C(F)(F)F)c3)CC2)=NO1. The van der Waals surface area contributed by atoms with E-state index in [-0.39, 0.29) is 24.6 Å². The average Bonchev–Trinajstić information content (AvgIpc) is 3.14. The molecule has 0 bridgehead atoms. The molecule has 1 heterocycles. The molecule has 178 valence electrons. The molecule has 1 saturated carbocycles. The van der Waals surface area contributed by atoms with Crippen LogP contribution in [0.1, 0.15) is 60.5 Å². The molecule has 3 rings (SSSR count). The Hall–Kier alpha value is -2.30. The minimum Gasteiger partial charge on any atom is -0.392 e. The van der Waals surface area contributed by atoms with Crippen LogP contribution in [0.2, 0.25) is 0 Å². The maximum absolute atomic E-state index is 13.0. The lowest BCUT2D eigenvalue weighted by molar-refractivity contribution is -0.143.